The number of hydrogen-bond donors (Lipinski definition) is 2. The Labute approximate surface area is 124 Å². The van der Waals surface area contributed by atoms with Crippen LogP contribution in [-0.2, 0) is 4.74 Å². The van der Waals surface area contributed by atoms with E-state index in [9.17, 15) is 5.11 Å². The van der Waals surface area contributed by atoms with E-state index in [1.54, 1.807) is 0 Å². The molecule has 5 unspecified atom stereocenters. The van der Waals surface area contributed by atoms with E-state index in [0.717, 1.165) is 18.8 Å². The molecule has 0 heterocycles. The van der Waals surface area contributed by atoms with E-state index in [4.69, 9.17) is 10.5 Å². The van der Waals surface area contributed by atoms with Crippen molar-refractivity contribution in [1.82, 2.24) is 0 Å². The number of fused-ring (bicyclic) bond motifs is 2. The molecule has 2 bridgehead atoms. The molecule has 0 radical (unpaired) electrons. The number of hydrogen-bond acceptors (Lipinski definition) is 3. The van der Waals surface area contributed by atoms with Gasteiger partial charge in [0, 0.05) is 6.04 Å². The van der Waals surface area contributed by atoms with Crippen LogP contribution in [-0.4, -0.2) is 30.0 Å². The minimum Gasteiger partial charge on any atom is -0.394 e. The maximum Gasteiger partial charge on any atom is 0.0960 e. The van der Waals surface area contributed by atoms with Crippen LogP contribution in [0.3, 0.4) is 0 Å². The van der Waals surface area contributed by atoms with Crippen LogP contribution in [0.1, 0.15) is 60.3 Å². The molecule has 20 heavy (non-hydrogen) atoms. The van der Waals surface area contributed by atoms with Crippen LogP contribution in [0.4, 0.5) is 0 Å². The molecular weight excluding hydrogens is 250 g/mol. The molecule has 0 aromatic rings. The lowest BCUT2D eigenvalue weighted by Gasteiger charge is -2.41. The average Bonchev–Trinajstić information content (AvgIpc) is 2.67. The van der Waals surface area contributed by atoms with Gasteiger partial charge in [-0.1, -0.05) is 34.6 Å². The highest BCUT2D eigenvalue weighted by molar-refractivity contribution is 5.11. The molecule has 3 nitrogen and oxygen atoms in total. The fraction of sp³-hybridized carbons (Fsp3) is 1.00. The van der Waals surface area contributed by atoms with Crippen molar-refractivity contribution in [2.75, 3.05) is 6.61 Å². The lowest BCUT2D eigenvalue weighted by molar-refractivity contribution is -0.110. The highest BCUT2D eigenvalue weighted by Gasteiger charge is 2.62. The largest absolute Gasteiger partial charge is 0.394 e. The van der Waals surface area contributed by atoms with E-state index in [-0.39, 0.29) is 30.3 Å². The summed E-state index contributed by atoms with van der Waals surface area (Å²) >= 11 is 0. The maximum absolute atomic E-state index is 9.65. The second-order valence-electron chi connectivity index (χ2n) is 8.25. The van der Waals surface area contributed by atoms with E-state index in [1.807, 2.05) is 0 Å². The Hall–Kier alpha value is -0.120. The van der Waals surface area contributed by atoms with Crippen LogP contribution in [0.2, 0.25) is 0 Å². The van der Waals surface area contributed by atoms with E-state index in [2.05, 4.69) is 34.6 Å². The van der Waals surface area contributed by atoms with Crippen LogP contribution in [0.25, 0.3) is 0 Å². The zero-order valence-corrected chi connectivity index (χ0v) is 13.9. The predicted octanol–water partition coefficient (Wildman–Crippen LogP) is 2.95. The molecule has 0 saturated heterocycles. The summed E-state index contributed by atoms with van der Waals surface area (Å²) in [6.07, 6.45) is 4.65. The molecule has 5 atom stereocenters. The van der Waals surface area contributed by atoms with Crippen LogP contribution in [0.15, 0.2) is 0 Å². The monoisotopic (exact) mass is 283 g/mol. The van der Waals surface area contributed by atoms with Crippen LogP contribution < -0.4 is 5.73 Å². The van der Waals surface area contributed by atoms with E-state index >= 15 is 0 Å². The molecule has 0 spiro atoms. The first-order valence-electron chi connectivity index (χ1n) is 8.24. The van der Waals surface area contributed by atoms with Crippen LogP contribution in [0.5, 0.6) is 0 Å². The van der Waals surface area contributed by atoms with E-state index in [1.165, 1.54) is 12.8 Å². The van der Waals surface area contributed by atoms with Gasteiger partial charge in [-0.25, -0.2) is 0 Å². The minimum atomic E-state index is -0.214. The van der Waals surface area contributed by atoms with Crippen LogP contribution >= 0.6 is 0 Å². The van der Waals surface area contributed by atoms with Crippen LogP contribution in [0, 0.1) is 22.7 Å². The molecule has 0 aliphatic heterocycles. The number of ether oxygens (including phenoxy) is 1. The van der Waals surface area contributed by atoms with Gasteiger partial charge >= 0.3 is 0 Å². The van der Waals surface area contributed by atoms with Gasteiger partial charge in [0.2, 0.25) is 0 Å². The zero-order valence-electron chi connectivity index (χ0n) is 13.9. The van der Waals surface area contributed by atoms with Crippen molar-refractivity contribution in [2.45, 2.75) is 78.6 Å². The van der Waals surface area contributed by atoms with Gasteiger partial charge in [0.15, 0.2) is 0 Å². The van der Waals surface area contributed by atoms with Gasteiger partial charge < -0.3 is 15.6 Å². The van der Waals surface area contributed by atoms with Crippen molar-refractivity contribution in [2.24, 2.45) is 28.4 Å². The molecule has 0 aromatic heterocycles. The maximum atomic E-state index is 9.65. The summed E-state index contributed by atoms with van der Waals surface area (Å²) in [6, 6.07) is -0.0640. The first kappa shape index (κ1) is 16.3. The number of nitrogens with two attached hydrogens (primary N) is 1. The molecule has 2 aliphatic carbocycles. The molecule has 0 aromatic carbocycles. The normalized spacial score (nSPS) is 38.4. The van der Waals surface area contributed by atoms with Crippen molar-refractivity contribution < 1.29 is 9.84 Å². The number of rotatable bonds is 6. The topological polar surface area (TPSA) is 55.5 Å². The molecule has 3 N–H and O–H groups in total. The van der Waals surface area contributed by atoms with Crippen molar-refractivity contribution in [3.8, 4) is 0 Å². The minimum absolute atomic E-state index is 0.0333. The summed E-state index contributed by atoms with van der Waals surface area (Å²) in [6.45, 7) is 11.5. The second-order valence-corrected chi connectivity index (χ2v) is 8.25. The van der Waals surface area contributed by atoms with Crippen molar-refractivity contribution in [3.05, 3.63) is 0 Å². The Bertz CT molecular complexity index is 342. The Morgan fingerprint density at radius 3 is 2.35 bits per heavy atom. The highest BCUT2D eigenvalue weighted by atomic mass is 16.5. The fourth-order valence-corrected chi connectivity index (χ4v) is 4.52. The summed E-state index contributed by atoms with van der Waals surface area (Å²) in [7, 11) is 0. The quantitative estimate of drug-likeness (QED) is 0.788. The predicted molar refractivity (Wildman–Crippen MR) is 82.4 cm³/mol. The second kappa shape index (κ2) is 5.58. The van der Waals surface area contributed by atoms with Gasteiger partial charge in [0.1, 0.15) is 0 Å². The Morgan fingerprint density at radius 1 is 1.30 bits per heavy atom. The Balaban J connectivity index is 2.03. The summed E-state index contributed by atoms with van der Waals surface area (Å²) in [5.41, 5.74) is 6.82. The summed E-state index contributed by atoms with van der Waals surface area (Å²) in [5, 5.41) is 9.65. The van der Waals surface area contributed by atoms with Crippen molar-refractivity contribution >= 4 is 0 Å². The van der Waals surface area contributed by atoms with E-state index < -0.39 is 0 Å². The van der Waals surface area contributed by atoms with Gasteiger partial charge in [-0.3, -0.25) is 0 Å². The molecule has 3 heteroatoms. The molecule has 2 rings (SSSR count). The van der Waals surface area contributed by atoms with Gasteiger partial charge in [0.25, 0.3) is 0 Å². The standard InChI is InChI=1S/C17H33NO2/c1-11(2)8-13(18)14(10-19)20-15-9-12-6-7-17(15,5)16(12,3)4/h11-15,19H,6-10,18H2,1-5H3. The first-order chi connectivity index (χ1) is 9.22. The highest BCUT2D eigenvalue weighted by Crippen LogP contribution is 2.66. The third kappa shape index (κ3) is 2.53. The molecule has 2 fully saturated rings. The Kier molecular flexibility index (Phi) is 4.54. The third-order valence-corrected chi connectivity index (χ3v) is 6.45. The first-order valence-corrected chi connectivity index (χ1v) is 8.24. The van der Waals surface area contributed by atoms with Gasteiger partial charge in [-0.15, -0.1) is 0 Å². The molecule has 2 saturated carbocycles. The summed E-state index contributed by atoms with van der Waals surface area (Å²) < 4.78 is 6.32. The smallest absolute Gasteiger partial charge is 0.0960 e. The molecular formula is C17H33NO2. The van der Waals surface area contributed by atoms with Gasteiger partial charge in [-0.05, 0) is 48.3 Å². The third-order valence-electron chi connectivity index (χ3n) is 6.45. The zero-order chi connectivity index (χ0) is 15.1. The lowest BCUT2D eigenvalue weighted by atomic mass is 9.70. The van der Waals surface area contributed by atoms with Crippen molar-refractivity contribution in [3.63, 3.8) is 0 Å². The van der Waals surface area contributed by atoms with Gasteiger partial charge in [-0.2, -0.15) is 0 Å². The number of aliphatic hydroxyl groups is 1. The molecule has 118 valence electrons. The number of aliphatic hydroxyl groups excluding tert-OH is 1. The van der Waals surface area contributed by atoms with Gasteiger partial charge in [0.05, 0.1) is 18.8 Å². The fourth-order valence-electron chi connectivity index (χ4n) is 4.52. The summed E-state index contributed by atoms with van der Waals surface area (Å²) in [5.74, 6) is 1.30. The lowest BCUT2D eigenvalue weighted by Crippen LogP contribution is -2.46. The van der Waals surface area contributed by atoms with Crippen molar-refractivity contribution in [1.29, 1.82) is 0 Å². The summed E-state index contributed by atoms with van der Waals surface area (Å²) in [4.78, 5) is 0. The van der Waals surface area contributed by atoms with E-state index in [0.29, 0.717) is 11.3 Å². The molecule has 0 amide bonds. The Morgan fingerprint density at radius 2 is 1.95 bits per heavy atom. The SMILES string of the molecule is CC(C)CC(N)C(CO)OC1CC2CCC1(C)C2(C)C. The molecule has 2 aliphatic rings. The average molecular weight is 283 g/mol.